The third kappa shape index (κ3) is 3.65. The fourth-order valence-electron chi connectivity index (χ4n) is 2.36. The molecule has 6 nitrogen and oxygen atoms in total. The van der Waals surface area contributed by atoms with Gasteiger partial charge in [0.15, 0.2) is 11.5 Å². The molecule has 1 saturated heterocycles. The fourth-order valence-corrected chi connectivity index (χ4v) is 2.36. The lowest BCUT2D eigenvalue weighted by Crippen LogP contribution is -2.34. The fraction of sp³-hybridized carbons (Fsp3) is 0.333. The zero-order valence-electron chi connectivity index (χ0n) is 11.9. The van der Waals surface area contributed by atoms with Crippen LogP contribution >= 0.6 is 12.4 Å². The lowest BCUT2D eigenvalue weighted by molar-refractivity contribution is 0.0918. The molecule has 0 aliphatic carbocycles. The Morgan fingerprint density at radius 1 is 1.36 bits per heavy atom. The van der Waals surface area contributed by atoms with Crippen LogP contribution in [0.5, 0.6) is 0 Å². The van der Waals surface area contributed by atoms with E-state index in [4.69, 9.17) is 4.52 Å². The minimum Gasteiger partial charge on any atom is -0.391 e. The molecule has 1 amide bonds. The van der Waals surface area contributed by atoms with Gasteiger partial charge in [0.2, 0.25) is 0 Å². The standard InChI is InChI=1S/C15H17N3O3.ClH/c19-13-9-16-7-11(13)8-17-15(20)12-6-14(21-18-12)10-4-2-1-3-5-10;/h1-6,11,13,16,19H,7-9H2,(H,17,20);1H. The van der Waals surface area contributed by atoms with Crippen molar-refractivity contribution in [2.75, 3.05) is 19.6 Å². The quantitative estimate of drug-likeness (QED) is 0.783. The summed E-state index contributed by atoms with van der Waals surface area (Å²) in [7, 11) is 0. The van der Waals surface area contributed by atoms with E-state index in [2.05, 4.69) is 15.8 Å². The molecule has 7 heteroatoms. The number of carbonyl (C=O) groups excluding carboxylic acids is 1. The van der Waals surface area contributed by atoms with Gasteiger partial charge in [0.25, 0.3) is 5.91 Å². The largest absolute Gasteiger partial charge is 0.391 e. The first-order valence-electron chi connectivity index (χ1n) is 6.93. The number of halogens is 1. The Kier molecular flexibility index (Phi) is 5.54. The summed E-state index contributed by atoms with van der Waals surface area (Å²) in [5.41, 5.74) is 1.12. The molecule has 1 aliphatic heterocycles. The van der Waals surface area contributed by atoms with Crippen LogP contribution in [0.3, 0.4) is 0 Å². The van der Waals surface area contributed by atoms with Gasteiger partial charge in [-0.1, -0.05) is 35.5 Å². The molecule has 0 bridgehead atoms. The number of rotatable bonds is 4. The van der Waals surface area contributed by atoms with E-state index in [1.54, 1.807) is 6.07 Å². The van der Waals surface area contributed by atoms with Crippen molar-refractivity contribution in [3.05, 3.63) is 42.1 Å². The van der Waals surface area contributed by atoms with Crippen molar-refractivity contribution in [2.45, 2.75) is 6.10 Å². The van der Waals surface area contributed by atoms with Crippen LogP contribution in [0.2, 0.25) is 0 Å². The van der Waals surface area contributed by atoms with Gasteiger partial charge in [-0.15, -0.1) is 12.4 Å². The van der Waals surface area contributed by atoms with Crippen LogP contribution < -0.4 is 10.6 Å². The van der Waals surface area contributed by atoms with E-state index in [0.29, 0.717) is 25.4 Å². The van der Waals surface area contributed by atoms with Gasteiger partial charge in [-0.2, -0.15) is 0 Å². The maximum atomic E-state index is 12.0. The van der Waals surface area contributed by atoms with Gasteiger partial charge in [0, 0.05) is 37.2 Å². The van der Waals surface area contributed by atoms with Crippen LogP contribution in [-0.4, -0.2) is 41.9 Å². The van der Waals surface area contributed by atoms with Crippen LogP contribution in [-0.2, 0) is 0 Å². The van der Waals surface area contributed by atoms with Crippen molar-refractivity contribution in [1.82, 2.24) is 15.8 Å². The first kappa shape index (κ1) is 16.5. The smallest absolute Gasteiger partial charge is 0.273 e. The molecule has 1 aromatic heterocycles. The summed E-state index contributed by atoms with van der Waals surface area (Å²) in [6, 6.07) is 11.1. The van der Waals surface area contributed by atoms with E-state index in [0.717, 1.165) is 5.56 Å². The zero-order valence-corrected chi connectivity index (χ0v) is 12.7. The highest BCUT2D eigenvalue weighted by Gasteiger charge is 2.25. The molecule has 1 fully saturated rings. The molecule has 0 saturated carbocycles. The lowest BCUT2D eigenvalue weighted by Gasteiger charge is -2.13. The molecule has 0 radical (unpaired) electrons. The Hall–Kier alpha value is -1.89. The molecule has 2 atom stereocenters. The van der Waals surface area contributed by atoms with Gasteiger partial charge in [-0.25, -0.2) is 0 Å². The average Bonchev–Trinajstić information content (AvgIpc) is 3.15. The highest BCUT2D eigenvalue weighted by molar-refractivity contribution is 5.93. The van der Waals surface area contributed by atoms with Crippen LogP contribution in [0.15, 0.2) is 40.9 Å². The van der Waals surface area contributed by atoms with Crippen molar-refractivity contribution < 1.29 is 14.4 Å². The van der Waals surface area contributed by atoms with E-state index in [1.807, 2.05) is 30.3 Å². The molecule has 118 valence electrons. The molecule has 3 N–H and O–H groups in total. The van der Waals surface area contributed by atoms with Crippen LogP contribution in [0, 0.1) is 5.92 Å². The highest BCUT2D eigenvalue weighted by atomic mass is 35.5. The van der Waals surface area contributed by atoms with Crippen molar-refractivity contribution in [3.63, 3.8) is 0 Å². The number of carbonyl (C=O) groups is 1. The molecule has 2 aromatic rings. The predicted molar refractivity (Wildman–Crippen MR) is 83.9 cm³/mol. The SMILES string of the molecule is Cl.O=C(NCC1CNCC1O)c1cc(-c2ccccc2)on1. The van der Waals surface area contributed by atoms with Gasteiger partial charge in [-0.05, 0) is 0 Å². The Morgan fingerprint density at radius 2 is 2.14 bits per heavy atom. The molecule has 2 unspecified atom stereocenters. The summed E-state index contributed by atoms with van der Waals surface area (Å²) < 4.78 is 5.19. The first-order chi connectivity index (χ1) is 10.2. The number of benzene rings is 1. The molecule has 3 rings (SSSR count). The molecule has 1 aliphatic rings. The van der Waals surface area contributed by atoms with Gasteiger partial charge < -0.3 is 20.3 Å². The first-order valence-corrected chi connectivity index (χ1v) is 6.93. The third-order valence-electron chi connectivity index (χ3n) is 3.63. The van der Waals surface area contributed by atoms with Crippen LogP contribution in [0.25, 0.3) is 11.3 Å². The molecular formula is C15H18ClN3O3. The summed E-state index contributed by atoms with van der Waals surface area (Å²) >= 11 is 0. The van der Waals surface area contributed by atoms with Gasteiger partial charge in [-0.3, -0.25) is 4.79 Å². The zero-order chi connectivity index (χ0) is 14.7. The summed E-state index contributed by atoms with van der Waals surface area (Å²) in [4.78, 5) is 12.0. The van der Waals surface area contributed by atoms with Crippen molar-refractivity contribution >= 4 is 18.3 Å². The Balaban J connectivity index is 0.00000176. The minimum atomic E-state index is -0.414. The predicted octanol–water partition coefficient (Wildman–Crippen LogP) is 1.07. The maximum Gasteiger partial charge on any atom is 0.273 e. The topological polar surface area (TPSA) is 87.4 Å². The van der Waals surface area contributed by atoms with Crippen molar-refractivity contribution in [2.24, 2.45) is 5.92 Å². The number of nitrogens with one attached hydrogen (secondary N) is 2. The highest BCUT2D eigenvalue weighted by Crippen LogP contribution is 2.19. The Morgan fingerprint density at radius 3 is 2.82 bits per heavy atom. The number of aliphatic hydroxyl groups excluding tert-OH is 1. The normalized spacial score (nSPS) is 20.4. The number of hydrogen-bond acceptors (Lipinski definition) is 5. The van der Waals surface area contributed by atoms with Gasteiger partial charge >= 0.3 is 0 Å². The van der Waals surface area contributed by atoms with E-state index in [-0.39, 0.29) is 29.9 Å². The molecule has 2 heterocycles. The molecular weight excluding hydrogens is 306 g/mol. The van der Waals surface area contributed by atoms with Crippen molar-refractivity contribution in [1.29, 1.82) is 0 Å². The summed E-state index contributed by atoms with van der Waals surface area (Å²) in [5.74, 6) is 0.304. The van der Waals surface area contributed by atoms with Crippen LogP contribution in [0.1, 0.15) is 10.5 Å². The summed E-state index contributed by atoms with van der Waals surface area (Å²) in [6.07, 6.45) is -0.414. The molecule has 0 spiro atoms. The average molecular weight is 324 g/mol. The van der Waals surface area contributed by atoms with Gasteiger partial charge in [0.1, 0.15) is 0 Å². The molecule has 1 aromatic carbocycles. The monoisotopic (exact) mass is 323 g/mol. The summed E-state index contributed by atoms with van der Waals surface area (Å²) in [6.45, 7) is 1.69. The van der Waals surface area contributed by atoms with E-state index in [9.17, 15) is 9.90 Å². The summed E-state index contributed by atoms with van der Waals surface area (Å²) in [5, 5.41) is 19.3. The second kappa shape index (κ2) is 7.40. The van der Waals surface area contributed by atoms with Gasteiger partial charge in [0.05, 0.1) is 6.10 Å². The maximum absolute atomic E-state index is 12.0. The lowest BCUT2D eigenvalue weighted by atomic mass is 10.1. The number of nitrogens with zero attached hydrogens (tertiary/aromatic N) is 1. The number of β-amino-alcohol motifs (C(OH)–C–C–N with tert-alkyl or cyclic N) is 1. The number of aliphatic hydroxyl groups is 1. The molecule has 22 heavy (non-hydrogen) atoms. The van der Waals surface area contributed by atoms with Crippen molar-refractivity contribution in [3.8, 4) is 11.3 Å². The number of aromatic nitrogens is 1. The minimum absolute atomic E-state index is 0. The van der Waals surface area contributed by atoms with E-state index < -0.39 is 6.10 Å². The third-order valence-corrected chi connectivity index (χ3v) is 3.63. The Labute approximate surface area is 134 Å². The number of amides is 1. The van der Waals surface area contributed by atoms with E-state index >= 15 is 0 Å². The second-order valence-electron chi connectivity index (χ2n) is 5.14. The Bertz CT molecular complexity index is 618. The number of hydrogen-bond donors (Lipinski definition) is 3. The van der Waals surface area contributed by atoms with Crippen LogP contribution in [0.4, 0.5) is 0 Å². The van der Waals surface area contributed by atoms with E-state index in [1.165, 1.54) is 0 Å². The second-order valence-corrected chi connectivity index (χ2v) is 5.14.